The summed E-state index contributed by atoms with van der Waals surface area (Å²) in [5.74, 6) is -0.540. The van der Waals surface area contributed by atoms with Crippen molar-refractivity contribution in [3.8, 4) is 0 Å². The predicted molar refractivity (Wildman–Crippen MR) is 88.8 cm³/mol. The SMILES string of the molecule is CCCNC(=O)c1ccccc1NC(=O)/C=C/c1ccncn1. The van der Waals surface area contributed by atoms with Gasteiger partial charge in [0.15, 0.2) is 0 Å². The summed E-state index contributed by atoms with van der Waals surface area (Å²) in [5.41, 5.74) is 1.53. The van der Waals surface area contributed by atoms with Crippen molar-refractivity contribution < 1.29 is 9.59 Å². The largest absolute Gasteiger partial charge is 0.352 e. The quantitative estimate of drug-likeness (QED) is 0.802. The zero-order chi connectivity index (χ0) is 16.5. The molecule has 2 amide bonds. The molecule has 2 N–H and O–H groups in total. The molecule has 0 fully saturated rings. The van der Waals surface area contributed by atoms with Crippen molar-refractivity contribution in [2.45, 2.75) is 13.3 Å². The first-order chi connectivity index (χ1) is 11.2. The number of hydrogen-bond donors (Lipinski definition) is 2. The molecule has 1 aromatic carbocycles. The van der Waals surface area contributed by atoms with Crippen LogP contribution in [0.3, 0.4) is 0 Å². The van der Waals surface area contributed by atoms with Crippen molar-refractivity contribution in [2.24, 2.45) is 0 Å². The number of anilines is 1. The second-order valence-electron chi connectivity index (χ2n) is 4.76. The van der Waals surface area contributed by atoms with E-state index in [-0.39, 0.29) is 11.8 Å². The van der Waals surface area contributed by atoms with Gasteiger partial charge in [-0.2, -0.15) is 0 Å². The summed E-state index contributed by atoms with van der Waals surface area (Å²) >= 11 is 0. The molecule has 2 aromatic rings. The first-order valence-corrected chi connectivity index (χ1v) is 7.33. The van der Waals surface area contributed by atoms with Gasteiger partial charge in [-0.3, -0.25) is 9.59 Å². The van der Waals surface area contributed by atoms with E-state index in [4.69, 9.17) is 0 Å². The van der Waals surface area contributed by atoms with Crippen LogP contribution in [0.5, 0.6) is 0 Å². The molecule has 0 saturated heterocycles. The summed E-state index contributed by atoms with van der Waals surface area (Å²) in [5, 5.41) is 5.50. The number of nitrogens with zero attached hydrogens (tertiary/aromatic N) is 2. The van der Waals surface area contributed by atoms with E-state index in [1.54, 1.807) is 42.6 Å². The standard InChI is InChI=1S/C17H18N4O2/c1-2-10-19-17(23)14-5-3-4-6-15(14)21-16(22)8-7-13-9-11-18-12-20-13/h3-9,11-12H,2,10H2,1H3,(H,19,23)(H,21,22)/b8-7+. The van der Waals surface area contributed by atoms with Gasteiger partial charge in [-0.15, -0.1) is 0 Å². The van der Waals surface area contributed by atoms with Gasteiger partial charge >= 0.3 is 0 Å². The Labute approximate surface area is 134 Å². The molecule has 6 nitrogen and oxygen atoms in total. The van der Waals surface area contributed by atoms with Crippen LogP contribution in [0.15, 0.2) is 48.9 Å². The highest BCUT2D eigenvalue weighted by atomic mass is 16.2. The fraction of sp³-hybridized carbons (Fsp3) is 0.176. The fourth-order valence-corrected chi connectivity index (χ4v) is 1.86. The maximum Gasteiger partial charge on any atom is 0.253 e. The van der Waals surface area contributed by atoms with E-state index in [0.29, 0.717) is 23.5 Å². The zero-order valence-corrected chi connectivity index (χ0v) is 12.8. The van der Waals surface area contributed by atoms with Crippen LogP contribution in [-0.4, -0.2) is 28.3 Å². The normalized spacial score (nSPS) is 10.5. The Balaban J connectivity index is 2.06. The summed E-state index contributed by atoms with van der Waals surface area (Å²) in [6, 6.07) is 8.58. The van der Waals surface area contributed by atoms with Gasteiger partial charge in [-0.1, -0.05) is 19.1 Å². The smallest absolute Gasteiger partial charge is 0.253 e. The molecule has 0 aliphatic heterocycles. The van der Waals surface area contributed by atoms with Crippen LogP contribution >= 0.6 is 0 Å². The number of nitrogens with one attached hydrogen (secondary N) is 2. The van der Waals surface area contributed by atoms with Crippen LogP contribution in [0.25, 0.3) is 6.08 Å². The van der Waals surface area contributed by atoms with Crippen LogP contribution in [0, 0.1) is 0 Å². The molecule has 0 aliphatic rings. The van der Waals surface area contributed by atoms with Crippen molar-refractivity contribution in [3.63, 3.8) is 0 Å². The van der Waals surface area contributed by atoms with Crippen molar-refractivity contribution in [1.82, 2.24) is 15.3 Å². The Hall–Kier alpha value is -3.02. The molecule has 0 saturated carbocycles. The Kier molecular flexibility index (Phi) is 5.99. The predicted octanol–water partition coefficient (Wildman–Crippen LogP) is 2.27. The van der Waals surface area contributed by atoms with E-state index in [1.165, 1.54) is 12.4 Å². The van der Waals surface area contributed by atoms with Gasteiger partial charge < -0.3 is 10.6 Å². The summed E-state index contributed by atoms with van der Waals surface area (Å²) in [4.78, 5) is 31.9. The summed E-state index contributed by atoms with van der Waals surface area (Å²) in [6.07, 6.45) is 6.80. The number of para-hydroxylation sites is 1. The van der Waals surface area contributed by atoms with Crippen LogP contribution in [0.2, 0.25) is 0 Å². The highest BCUT2D eigenvalue weighted by Crippen LogP contribution is 2.15. The molecular weight excluding hydrogens is 292 g/mol. The van der Waals surface area contributed by atoms with Crippen molar-refractivity contribution in [2.75, 3.05) is 11.9 Å². The fourth-order valence-electron chi connectivity index (χ4n) is 1.86. The molecule has 0 spiro atoms. The highest BCUT2D eigenvalue weighted by Gasteiger charge is 2.11. The van der Waals surface area contributed by atoms with Gasteiger partial charge in [-0.25, -0.2) is 9.97 Å². The van der Waals surface area contributed by atoms with Crippen LogP contribution in [0.4, 0.5) is 5.69 Å². The molecule has 118 valence electrons. The lowest BCUT2D eigenvalue weighted by atomic mass is 10.1. The minimum Gasteiger partial charge on any atom is -0.352 e. The molecule has 23 heavy (non-hydrogen) atoms. The van der Waals surface area contributed by atoms with Gasteiger partial charge in [0.1, 0.15) is 6.33 Å². The maximum absolute atomic E-state index is 12.1. The van der Waals surface area contributed by atoms with Gasteiger partial charge in [-0.05, 0) is 30.7 Å². The number of hydrogen-bond acceptors (Lipinski definition) is 4. The summed E-state index contributed by atoms with van der Waals surface area (Å²) < 4.78 is 0. The van der Waals surface area contributed by atoms with E-state index in [0.717, 1.165) is 6.42 Å². The number of amides is 2. The van der Waals surface area contributed by atoms with Crippen LogP contribution < -0.4 is 10.6 Å². The van der Waals surface area contributed by atoms with Gasteiger partial charge in [0, 0.05) is 18.8 Å². The molecule has 2 rings (SSSR count). The van der Waals surface area contributed by atoms with E-state index in [2.05, 4.69) is 20.6 Å². The third kappa shape index (κ3) is 5.03. The van der Waals surface area contributed by atoms with E-state index in [1.807, 2.05) is 6.92 Å². The van der Waals surface area contributed by atoms with Gasteiger partial charge in [0.25, 0.3) is 5.91 Å². The van der Waals surface area contributed by atoms with Gasteiger partial charge in [0.2, 0.25) is 5.91 Å². The second kappa shape index (κ2) is 8.43. The molecule has 0 atom stereocenters. The third-order valence-electron chi connectivity index (χ3n) is 2.98. The minimum absolute atomic E-state index is 0.206. The molecule has 0 bridgehead atoms. The van der Waals surface area contributed by atoms with Gasteiger partial charge in [0.05, 0.1) is 16.9 Å². The van der Waals surface area contributed by atoms with Crippen molar-refractivity contribution in [1.29, 1.82) is 0 Å². The lowest BCUT2D eigenvalue weighted by molar-refractivity contribution is -0.111. The molecule has 0 aliphatic carbocycles. The minimum atomic E-state index is -0.334. The average molecular weight is 310 g/mol. The first kappa shape index (κ1) is 16.4. The van der Waals surface area contributed by atoms with Crippen molar-refractivity contribution in [3.05, 3.63) is 60.2 Å². The highest BCUT2D eigenvalue weighted by molar-refractivity contribution is 6.07. The number of carbonyl (C=O) groups is 2. The zero-order valence-electron chi connectivity index (χ0n) is 12.8. The molecule has 1 heterocycles. The molecule has 6 heteroatoms. The molecule has 0 unspecified atom stereocenters. The number of benzene rings is 1. The van der Waals surface area contributed by atoms with Crippen molar-refractivity contribution >= 4 is 23.6 Å². The summed E-state index contributed by atoms with van der Waals surface area (Å²) in [7, 11) is 0. The second-order valence-corrected chi connectivity index (χ2v) is 4.76. The Morgan fingerprint density at radius 1 is 1.22 bits per heavy atom. The Morgan fingerprint density at radius 2 is 2.04 bits per heavy atom. The molecule has 0 radical (unpaired) electrons. The number of carbonyl (C=O) groups excluding carboxylic acids is 2. The third-order valence-corrected chi connectivity index (χ3v) is 2.98. The monoisotopic (exact) mass is 310 g/mol. The number of aromatic nitrogens is 2. The first-order valence-electron chi connectivity index (χ1n) is 7.33. The van der Waals surface area contributed by atoms with E-state index >= 15 is 0 Å². The lowest BCUT2D eigenvalue weighted by Crippen LogP contribution is -2.25. The summed E-state index contributed by atoms with van der Waals surface area (Å²) in [6.45, 7) is 2.57. The lowest BCUT2D eigenvalue weighted by Gasteiger charge is -2.09. The Morgan fingerprint density at radius 3 is 2.78 bits per heavy atom. The molecular formula is C17H18N4O2. The topological polar surface area (TPSA) is 84.0 Å². The average Bonchev–Trinajstić information content (AvgIpc) is 2.59. The maximum atomic E-state index is 12.1. The number of rotatable bonds is 6. The Bertz CT molecular complexity index is 699. The van der Waals surface area contributed by atoms with Crippen LogP contribution in [-0.2, 0) is 4.79 Å². The van der Waals surface area contributed by atoms with E-state index in [9.17, 15) is 9.59 Å². The van der Waals surface area contributed by atoms with E-state index < -0.39 is 0 Å². The van der Waals surface area contributed by atoms with Crippen LogP contribution in [0.1, 0.15) is 29.4 Å². The molecule has 1 aromatic heterocycles.